The molecule has 1 spiro atoms. The van der Waals surface area contributed by atoms with Gasteiger partial charge >= 0.3 is 5.97 Å². The minimum absolute atomic E-state index is 0.0113. The summed E-state index contributed by atoms with van der Waals surface area (Å²) in [5, 5.41) is 3.69. The van der Waals surface area contributed by atoms with E-state index < -0.39 is 0 Å². The van der Waals surface area contributed by atoms with Gasteiger partial charge in [-0.2, -0.15) is 0 Å². The molecule has 2 saturated carbocycles. The zero-order valence-electron chi connectivity index (χ0n) is 23.3. The largest absolute Gasteiger partial charge is 0.497 e. The highest BCUT2D eigenvalue weighted by Gasteiger charge is 2.78. The van der Waals surface area contributed by atoms with Crippen LogP contribution in [0, 0.1) is 23.2 Å². The Balaban J connectivity index is 1.13. The Labute approximate surface area is 222 Å². The van der Waals surface area contributed by atoms with Gasteiger partial charge in [-0.05, 0) is 82.5 Å². The zero-order valence-corrected chi connectivity index (χ0v) is 23.3. The first-order valence-corrected chi connectivity index (χ1v) is 14.5. The number of carbonyl (C=O) groups excluding carboxylic acids is 1. The molecule has 0 aromatic heterocycles. The smallest absolute Gasteiger partial charge is 0.311 e. The van der Waals surface area contributed by atoms with Gasteiger partial charge in [0.1, 0.15) is 17.5 Å². The van der Waals surface area contributed by atoms with Crippen molar-refractivity contribution >= 4 is 5.97 Å². The maximum atomic E-state index is 13.1. The Morgan fingerprint density at radius 2 is 1.92 bits per heavy atom. The van der Waals surface area contributed by atoms with Crippen LogP contribution in [0.3, 0.4) is 0 Å². The molecule has 204 valence electrons. The quantitative estimate of drug-likeness (QED) is 0.315. The summed E-state index contributed by atoms with van der Waals surface area (Å²) in [5.74, 6) is 1.48. The molecule has 0 amide bonds. The molecule has 3 saturated heterocycles. The van der Waals surface area contributed by atoms with Gasteiger partial charge in [-0.25, -0.2) is 0 Å². The van der Waals surface area contributed by atoms with Gasteiger partial charge in [0.15, 0.2) is 0 Å². The molecule has 37 heavy (non-hydrogen) atoms. The van der Waals surface area contributed by atoms with Crippen LogP contribution in [-0.4, -0.2) is 56.2 Å². The van der Waals surface area contributed by atoms with E-state index in [9.17, 15) is 4.79 Å². The Hall–Kier alpha value is -1.63. The van der Waals surface area contributed by atoms with Gasteiger partial charge in [0, 0.05) is 29.9 Å². The maximum Gasteiger partial charge on any atom is 0.311 e. The van der Waals surface area contributed by atoms with Crippen molar-refractivity contribution in [2.75, 3.05) is 26.8 Å². The van der Waals surface area contributed by atoms with E-state index in [2.05, 4.69) is 57.3 Å². The number of esters is 1. The van der Waals surface area contributed by atoms with Crippen molar-refractivity contribution in [3.63, 3.8) is 0 Å². The summed E-state index contributed by atoms with van der Waals surface area (Å²) >= 11 is 0. The van der Waals surface area contributed by atoms with Crippen molar-refractivity contribution < 1.29 is 23.7 Å². The van der Waals surface area contributed by atoms with Gasteiger partial charge < -0.3 is 24.3 Å². The zero-order chi connectivity index (χ0) is 26.1. The van der Waals surface area contributed by atoms with Gasteiger partial charge in [-0.15, -0.1) is 0 Å². The van der Waals surface area contributed by atoms with Gasteiger partial charge in [-0.3, -0.25) is 4.79 Å². The van der Waals surface area contributed by atoms with Crippen LogP contribution in [0.25, 0.3) is 0 Å². The molecule has 6 heteroatoms. The Morgan fingerprint density at radius 1 is 1.14 bits per heavy atom. The number of methoxy groups -OCH3 is 1. The maximum absolute atomic E-state index is 13.1. The summed E-state index contributed by atoms with van der Waals surface area (Å²) in [6, 6.07) is 8.56. The van der Waals surface area contributed by atoms with E-state index in [1.807, 2.05) is 0 Å². The van der Waals surface area contributed by atoms with Crippen LogP contribution in [-0.2, 0) is 24.4 Å². The highest BCUT2D eigenvalue weighted by Crippen LogP contribution is 2.70. The van der Waals surface area contributed by atoms with Gasteiger partial charge in [0.05, 0.1) is 24.7 Å². The molecule has 1 aromatic rings. The molecule has 0 radical (unpaired) electrons. The standard InChI is InChI=1S/C31H45NO5/c1-20-7-6-12-29(4)17-24-25(26-31(20,29)37-26)23(27(33)36-24)18-32-15-13-30(14-16-35-28(2,3)19-30)21-8-10-22(34-5)11-9-21/h8-11,20,23-26,32H,6-7,12-19H2,1-5H3. The molecule has 5 fully saturated rings. The van der Waals surface area contributed by atoms with E-state index in [-0.39, 0.29) is 52.0 Å². The highest BCUT2D eigenvalue weighted by molar-refractivity contribution is 5.76. The first-order valence-electron chi connectivity index (χ1n) is 14.5. The minimum Gasteiger partial charge on any atom is -0.497 e. The van der Waals surface area contributed by atoms with E-state index in [0.29, 0.717) is 12.5 Å². The van der Waals surface area contributed by atoms with E-state index >= 15 is 0 Å². The summed E-state index contributed by atoms with van der Waals surface area (Å²) in [4.78, 5) is 13.1. The summed E-state index contributed by atoms with van der Waals surface area (Å²) in [6.07, 6.45) is 7.78. The number of benzene rings is 1. The second-order valence-corrected chi connectivity index (χ2v) is 13.5. The average Bonchev–Trinajstić information content (AvgIpc) is 3.54. The topological polar surface area (TPSA) is 69.3 Å². The van der Waals surface area contributed by atoms with Crippen LogP contribution in [0.2, 0.25) is 0 Å². The van der Waals surface area contributed by atoms with Crippen molar-refractivity contribution in [2.45, 2.75) is 101 Å². The van der Waals surface area contributed by atoms with Crippen molar-refractivity contribution in [3.05, 3.63) is 29.8 Å². The molecule has 1 N–H and O–H groups in total. The Morgan fingerprint density at radius 3 is 2.65 bits per heavy atom. The van der Waals surface area contributed by atoms with Crippen molar-refractivity contribution in [2.24, 2.45) is 23.2 Å². The predicted molar refractivity (Wildman–Crippen MR) is 142 cm³/mol. The number of epoxide rings is 1. The molecule has 8 atom stereocenters. The lowest BCUT2D eigenvalue weighted by molar-refractivity contribution is -0.146. The number of hydrogen-bond donors (Lipinski definition) is 1. The number of carbonyl (C=O) groups is 1. The third-order valence-corrected chi connectivity index (χ3v) is 10.9. The van der Waals surface area contributed by atoms with E-state index in [0.717, 1.165) is 44.6 Å². The van der Waals surface area contributed by atoms with Crippen LogP contribution < -0.4 is 10.1 Å². The van der Waals surface area contributed by atoms with E-state index in [4.69, 9.17) is 18.9 Å². The molecular weight excluding hydrogens is 466 g/mol. The van der Waals surface area contributed by atoms with E-state index in [1.165, 1.54) is 24.8 Å². The number of rotatable bonds is 7. The van der Waals surface area contributed by atoms with Crippen LogP contribution >= 0.6 is 0 Å². The lowest BCUT2D eigenvalue weighted by atomic mass is 9.53. The number of nitrogens with one attached hydrogen (secondary N) is 1. The van der Waals surface area contributed by atoms with Crippen LogP contribution in [0.4, 0.5) is 0 Å². The number of fused-ring (bicyclic) bond motifs is 2. The molecule has 2 aliphatic carbocycles. The van der Waals surface area contributed by atoms with Crippen LogP contribution in [0.1, 0.15) is 78.2 Å². The second-order valence-electron chi connectivity index (χ2n) is 13.5. The lowest BCUT2D eigenvalue weighted by Crippen LogP contribution is -2.54. The molecule has 6 nitrogen and oxygen atoms in total. The van der Waals surface area contributed by atoms with Crippen molar-refractivity contribution in [1.82, 2.24) is 5.32 Å². The molecule has 5 aliphatic rings. The number of ether oxygens (including phenoxy) is 4. The number of hydrogen-bond acceptors (Lipinski definition) is 6. The molecule has 0 bridgehead atoms. The van der Waals surface area contributed by atoms with Gasteiger partial charge in [0.2, 0.25) is 0 Å². The predicted octanol–water partition coefficient (Wildman–Crippen LogP) is 5.03. The summed E-state index contributed by atoms with van der Waals surface area (Å²) < 4.78 is 24.1. The average molecular weight is 512 g/mol. The lowest BCUT2D eigenvalue weighted by Gasteiger charge is -2.48. The Kier molecular flexibility index (Phi) is 6.21. The van der Waals surface area contributed by atoms with Crippen molar-refractivity contribution in [3.8, 4) is 5.75 Å². The monoisotopic (exact) mass is 511 g/mol. The summed E-state index contributed by atoms with van der Waals surface area (Å²) in [5.41, 5.74) is 1.32. The van der Waals surface area contributed by atoms with E-state index in [1.54, 1.807) is 7.11 Å². The van der Waals surface area contributed by atoms with Crippen molar-refractivity contribution in [1.29, 1.82) is 0 Å². The molecule has 3 heterocycles. The molecular formula is C31H45NO5. The third kappa shape index (κ3) is 4.04. The van der Waals surface area contributed by atoms with Gasteiger partial charge in [0.25, 0.3) is 0 Å². The third-order valence-electron chi connectivity index (χ3n) is 10.9. The highest BCUT2D eigenvalue weighted by atomic mass is 16.6. The summed E-state index contributed by atoms with van der Waals surface area (Å²) in [7, 11) is 1.71. The Bertz CT molecular complexity index is 1020. The normalized spacial score (nSPS) is 43.8. The SMILES string of the molecule is COc1ccc(C2(CCNCC3C(=O)OC4CC5(C)CCCC(C)C56OC6C43)CCOC(C)(C)C2)cc1. The molecule has 3 aliphatic heterocycles. The fourth-order valence-electron chi connectivity index (χ4n) is 9.08. The molecule has 8 unspecified atom stereocenters. The minimum atomic E-state index is -0.163. The van der Waals surface area contributed by atoms with Crippen LogP contribution in [0.5, 0.6) is 5.75 Å². The molecule has 1 aromatic carbocycles. The van der Waals surface area contributed by atoms with Crippen LogP contribution in [0.15, 0.2) is 24.3 Å². The first-order chi connectivity index (χ1) is 17.6. The molecule has 6 rings (SSSR count). The fourth-order valence-corrected chi connectivity index (χ4v) is 9.08. The summed E-state index contributed by atoms with van der Waals surface area (Å²) in [6.45, 7) is 11.4. The second kappa shape index (κ2) is 8.96. The first kappa shape index (κ1) is 25.6. The van der Waals surface area contributed by atoms with Gasteiger partial charge in [-0.1, -0.05) is 32.4 Å². The fraction of sp³-hybridized carbons (Fsp3) is 0.774.